The highest BCUT2D eigenvalue weighted by atomic mass is 32.2. The molecule has 2 heterocycles. The number of thiophene rings is 1. The van der Waals surface area contributed by atoms with Gasteiger partial charge in [-0.05, 0) is 52.6 Å². The van der Waals surface area contributed by atoms with Crippen LogP contribution in [0.25, 0.3) is 53.1 Å². The summed E-state index contributed by atoms with van der Waals surface area (Å²) in [7, 11) is -5.77. The van der Waals surface area contributed by atoms with Crippen molar-refractivity contribution in [2.45, 2.75) is 5.51 Å². The summed E-state index contributed by atoms with van der Waals surface area (Å²) in [6.45, 7) is 0. The Morgan fingerprint density at radius 2 is 1.46 bits per heavy atom. The van der Waals surface area contributed by atoms with Gasteiger partial charge in [-0.3, -0.25) is 0 Å². The first-order chi connectivity index (χ1) is 16.7. The predicted octanol–water partition coefficient (Wildman–Crippen LogP) is 7.65. The summed E-state index contributed by atoms with van der Waals surface area (Å²) in [5.41, 5.74) is -3.81. The summed E-state index contributed by atoms with van der Waals surface area (Å²) >= 11 is 1.52. The van der Waals surface area contributed by atoms with Crippen molar-refractivity contribution < 1.29 is 25.8 Å². The van der Waals surface area contributed by atoms with Gasteiger partial charge in [-0.25, -0.2) is 4.98 Å². The van der Waals surface area contributed by atoms with E-state index in [0.717, 1.165) is 47.7 Å². The molecule has 0 N–H and O–H groups in total. The fourth-order valence-corrected chi connectivity index (χ4v) is 5.88. The molecule has 0 bridgehead atoms. The van der Waals surface area contributed by atoms with E-state index in [0.29, 0.717) is 5.39 Å². The van der Waals surface area contributed by atoms with Gasteiger partial charge in [0.15, 0.2) is 0 Å². The van der Waals surface area contributed by atoms with Crippen LogP contribution in [0.4, 0.5) is 13.2 Å². The van der Waals surface area contributed by atoms with Gasteiger partial charge in [0, 0.05) is 20.9 Å². The number of para-hydroxylation sites is 1. The molecular weight excluding hydrogens is 495 g/mol. The van der Waals surface area contributed by atoms with Gasteiger partial charge in [0.25, 0.3) is 0 Å². The van der Waals surface area contributed by atoms with Crippen LogP contribution >= 0.6 is 11.3 Å². The second-order valence-corrected chi connectivity index (χ2v) is 10.6. The molecule has 0 aliphatic carbocycles. The maximum atomic E-state index is 12.8. The van der Waals surface area contributed by atoms with E-state index < -0.39 is 21.4 Å². The summed E-state index contributed by atoms with van der Waals surface area (Å²) in [4.78, 5) is 5.74. The van der Waals surface area contributed by atoms with Crippen molar-refractivity contribution in [1.82, 2.24) is 4.98 Å². The van der Waals surface area contributed by atoms with E-state index >= 15 is 0 Å². The van der Waals surface area contributed by atoms with Crippen molar-refractivity contribution in [3.05, 3.63) is 84.9 Å². The third-order valence-corrected chi connectivity index (χ3v) is 7.99. The maximum absolute atomic E-state index is 12.8. The number of halogens is 3. The van der Waals surface area contributed by atoms with E-state index in [2.05, 4.69) is 10.2 Å². The highest BCUT2D eigenvalue weighted by molar-refractivity contribution is 7.88. The lowest BCUT2D eigenvalue weighted by molar-refractivity contribution is -0.0500. The lowest BCUT2D eigenvalue weighted by atomic mass is 9.98. The fraction of sp³-hybridized carbons (Fsp3) is 0.0385. The summed E-state index contributed by atoms with van der Waals surface area (Å²) in [6, 6.07) is 25.6. The van der Waals surface area contributed by atoms with Crippen LogP contribution in [0.3, 0.4) is 0 Å². The molecule has 4 aromatic carbocycles. The van der Waals surface area contributed by atoms with Crippen molar-refractivity contribution in [1.29, 1.82) is 0 Å². The van der Waals surface area contributed by atoms with E-state index in [1.165, 1.54) is 23.5 Å². The second kappa shape index (κ2) is 7.66. The van der Waals surface area contributed by atoms with E-state index in [-0.39, 0.29) is 0 Å². The largest absolute Gasteiger partial charge is 0.534 e. The zero-order valence-corrected chi connectivity index (χ0v) is 19.3. The average Bonchev–Trinajstić information content (AvgIpc) is 3.29. The number of benzene rings is 4. The smallest absolute Gasteiger partial charge is 0.376 e. The van der Waals surface area contributed by atoms with Gasteiger partial charge >= 0.3 is 15.6 Å². The molecule has 0 aliphatic heterocycles. The topological polar surface area (TPSA) is 56.3 Å². The quantitative estimate of drug-likeness (QED) is 0.140. The molecule has 4 nitrogen and oxygen atoms in total. The minimum absolute atomic E-state index is 0.396. The number of nitrogens with zero attached hydrogens (tertiary/aromatic N) is 1. The van der Waals surface area contributed by atoms with Crippen LogP contribution in [0.15, 0.2) is 84.9 Å². The molecule has 0 amide bonds. The molecule has 0 aliphatic rings. The highest BCUT2D eigenvalue weighted by Gasteiger charge is 2.48. The van der Waals surface area contributed by atoms with Gasteiger partial charge in [-0.15, -0.1) is 11.3 Å². The van der Waals surface area contributed by atoms with Crippen LogP contribution in [-0.4, -0.2) is 18.9 Å². The Morgan fingerprint density at radius 1 is 0.743 bits per heavy atom. The van der Waals surface area contributed by atoms with Crippen molar-refractivity contribution >= 4 is 64.0 Å². The summed E-state index contributed by atoms with van der Waals surface area (Å²) in [6.07, 6.45) is 0. The van der Waals surface area contributed by atoms with Crippen LogP contribution in [0, 0.1) is 0 Å². The van der Waals surface area contributed by atoms with Crippen molar-refractivity contribution in [3.8, 4) is 16.3 Å². The lowest BCUT2D eigenvalue weighted by Crippen LogP contribution is -2.28. The van der Waals surface area contributed by atoms with Crippen LogP contribution < -0.4 is 4.18 Å². The summed E-state index contributed by atoms with van der Waals surface area (Å²) < 4.78 is 66.9. The van der Waals surface area contributed by atoms with Gasteiger partial charge in [0.05, 0.1) is 16.1 Å². The Morgan fingerprint density at radius 3 is 2.23 bits per heavy atom. The second-order valence-electron chi connectivity index (χ2n) is 7.98. The Balaban J connectivity index is 1.58. The molecule has 0 saturated heterocycles. The molecule has 0 unspecified atom stereocenters. The van der Waals surface area contributed by atoms with Crippen LogP contribution in [0.2, 0.25) is 0 Å². The summed E-state index contributed by atoms with van der Waals surface area (Å²) in [5, 5.41) is 5.08. The SMILES string of the molecule is O=S(=O)(Oc1ccc2c(c1)c1ccccc1c1cc(-c3ccc4ccccc4n3)sc21)C(F)(F)F. The number of hydrogen-bond acceptors (Lipinski definition) is 5. The van der Waals surface area contributed by atoms with Gasteiger partial charge < -0.3 is 4.18 Å². The molecule has 6 rings (SSSR count). The number of alkyl halides is 3. The molecule has 0 radical (unpaired) electrons. The fourth-order valence-electron chi connectivity index (χ4n) is 4.24. The van der Waals surface area contributed by atoms with E-state index in [1.54, 1.807) is 6.07 Å². The third kappa shape index (κ3) is 3.59. The molecule has 174 valence electrons. The Kier molecular flexibility index (Phi) is 4.77. The number of rotatable bonds is 3. The number of fused-ring (bicyclic) bond motifs is 7. The standard InChI is InChI=1S/C26H14F3NO3S2/c27-26(28,29)35(31,32)33-16-10-11-19-20(13-16)17-6-2-3-7-18(17)21-14-24(34-25(19)21)23-12-9-15-5-1-4-8-22(15)30-23/h1-14H. The van der Waals surface area contributed by atoms with Gasteiger partial charge in [-0.2, -0.15) is 21.6 Å². The molecule has 0 fully saturated rings. The molecule has 0 atom stereocenters. The molecular formula is C26H14F3NO3S2. The summed E-state index contributed by atoms with van der Waals surface area (Å²) in [5.74, 6) is -0.396. The molecule has 0 spiro atoms. The zero-order valence-electron chi connectivity index (χ0n) is 17.7. The van der Waals surface area contributed by atoms with Crippen LogP contribution in [-0.2, 0) is 10.1 Å². The zero-order chi connectivity index (χ0) is 24.4. The minimum Gasteiger partial charge on any atom is -0.376 e. The van der Waals surface area contributed by atoms with Gasteiger partial charge in [0.1, 0.15) is 5.75 Å². The maximum Gasteiger partial charge on any atom is 0.534 e. The molecule has 0 saturated carbocycles. The van der Waals surface area contributed by atoms with Crippen molar-refractivity contribution in [3.63, 3.8) is 0 Å². The van der Waals surface area contributed by atoms with E-state index in [9.17, 15) is 21.6 Å². The van der Waals surface area contributed by atoms with Gasteiger partial charge in [-0.1, -0.05) is 48.5 Å². The monoisotopic (exact) mass is 509 g/mol. The first-order valence-corrected chi connectivity index (χ1v) is 12.7. The highest BCUT2D eigenvalue weighted by Crippen LogP contribution is 2.43. The van der Waals surface area contributed by atoms with Crippen molar-refractivity contribution in [2.24, 2.45) is 0 Å². The molecule has 35 heavy (non-hydrogen) atoms. The normalized spacial score (nSPS) is 12.7. The number of aromatic nitrogens is 1. The van der Waals surface area contributed by atoms with Crippen LogP contribution in [0.1, 0.15) is 0 Å². The minimum atomic E-state index is -5.77. The average molecular weight is 510 g/mol. The molecule has 6 aromatic rings. The van der Waals surface area contributed by atoms with E-state index in [4.69, 9.17) is 4.98 Å². The third-order valence-electron chi connectivity index (χ3n) is 5.82. The van der Waals surface area contributed by atoms with Crippen LogP contribution in [0.5, 0.6) is 5.75 Å². The Labute approximate surface area is 201 Å². The number of hydrogen-bond donors (Lipinski definition) is 0. The van der Waals surface area contributed by atoms with E-state index in [1.807, 2.05) is 60.7 Å². The Hall–Kier alpha value is -3.69. The first kappa shape index (κ1) is 21.8. The lowest BCUT2D eigenvalue weighted by Gasteiger charge is -2.11. The molecule has 2 aromatic heterocycles. The predicted molar refractivity (Wildman–Crippen MR) is 133 cm³/mol. The Bertz CT molecular complexity index is 1890. The van der Waals surface area contributed by atoms with Gasteiger partial charge in [0.2, 0.25) is 0 Å². The molecule has 9 heteroatoms. The number of pyridine rings is 1. The first-order valence-electron chi connectivity index (χ1n) is 10.5. The van der Waals surface area contributed by atoms with Crippen molar-refractivity contribution in [2.75, 3.05) is 0 Å².